The third-order valence-corrected chi connectivity index (χ3v) is 4.99. The lowest BCUT2D eigenvalue weighted by Gasteiger charge is -2.26. The van der Waals surface area contributed by atoms with Gasteiger partial charge in [-0.2, -0.15) is 0 Å². The second kappa shape index (κ2) is 12.2. The summed E-state index contributed by atoms with van der Waals surface area (Å²) in [6, 6.07) is -3.85. The van der Waals surface area contributed by atoms with Crippen LogP contribution in [-0.4, -0.2) is 65.4 Å². The molecule has 0 aromatic rings. The highest BCUT2D eigenvalue weighted by Crippen LogP contribution is 2.10. The van der Waals surface area contributed by atoms with Gasteiger partial charge in [0.05, 0.1) is 12.5 Å². The molecule has 0 spiro atoms. The normalized spacial score (nSPS) is 18.8. The van der Waals surface area contributed by atoms with Crippen LogP contribution in [0.5, 0.6) is 0 Å². The van der Waals surface area contributed by atoms with Gasteiger partial charge in [0.15, 0.2) is 0 Å². The molecule has 176 valence electrons. The first-order valence-corrected chi connectivity index (χ1v) is 10.6. The summed E-state index contributed by atoms with van der Waals surface area (Å²) in [5, 5.41) is 19.8. The number of carboxylic acids is 1. The molecule has 11 nitrogen and oxygen atoms in total. The Morgan fingerprint density at radius 3 is 2.06 bits per heavy atom. The Morgan fingerprint density at radius 1 is 1.00 bits per heavy atom. The lowest BCUT2D eigenvalue weighted by atomic mass is 10.00. The van der Waals surface area contributed by atoms with Gasteiger partial charge in [-0.3, -0.25) is 19.2 Å². The first kappa shape index (κ1) is 26.3. The number of hydrogen-bond donors (Lipinski definition) is 6. The van der Waals surface area contributed by atoms with Gasteiger partial charge in [0.2, 0.25) is 23.6 Å². The van der Waals surface area contributed by atoms with E-state index in [1.54, 1.807) is 13.8 Å². The predicted octanol–water partition coefficient (Wildman–Crippen LogP) is -1.15. The van der Waals surface area contributed by atoms with Crippen molar-refractivity contribution in [3.63, 3.8) is 0 Å². The Labute approximate surface area is 182 Å². The zero-order valence-corrected chi connectivity index (χ0v) is 18.6. The van der Waals surface area contributed by atoms with Crippen molar-refractivity contribution >= 4 is 29.6 Å². The zero-order valence-electron chi connectivity index (χ0n) is 18.6. The molecule has 1 aliphatic rings. The van der Waals surface area contributed by atoms with E-state index >= 15 is 0 Å². The fourth-order valence-electron chi connectivity index (χ4n) is 3.33. The highest BCUT2D eigenvalue weighted by Gasteiger charge is 2.33. The van der Waals surface area contributed by atoms with E-state index in [1.165, 1.54) is 0 Å². The fraction of sp³-hybridized carbons (Fsp3) is 0.750. The van der Waals surface area contributed by atoms with E-state index in [1.807, 2.05) is 13.8 Å². The predicted molar refractivity (Wildman–Crippen MR) is 113 cm³/mol. The van der Waals surface area contributed by atoms with Gasteiger partial charge in [-0.15, -0.1) is 0 Å². The van der Waals surface area contributed by atoms with Crippen LogP contribution in [0.15, 0.2) is 0 Å². The summed E-state index contributed by atoms with van der Waals surface area (Å²) < 4.78 is 0. The molecule has 4 amide bonds. The summed E-state index contributed by atoms with van der Waals surface area (Å²) in [7, 11) is 0. The minimum atomic E-state index is -1.24. The SMILES string of the molecule is CC(C)C[C@H](NC(=O)[C@H](CC(N)=O)NC(=O)[C@@H]1CCCN1)C(=O)N[C@H](C(=O)O)C(C)C. The fourth-order valence-corrected chi connectivity index (χ4v) is 3.33. The molecule has 0 bridgehead atoms. The average molecular weight is 442 g/mol. The van der Waals surface area contributed by atoms with Crippen LogP contribution < -0.4 is 27.0 Å². The Kier molecular flexibility index (Phi) is 10.4. The number of carboxylic acid groups (broad SMARTS) is 1. The van der Waals surface area contributed by atoms with Crippen LogP contribution in [-0.2, 0) is 24.0 Å². The molecule has 1 aliphatic heterocycles. The third kappa shape index (κ3) is 8.91. The van der Waals surface area contributed by atoms with Gasteiger partial charge in [-0.25, -0.2) is 4.79 Å². The highest BCUT2D eigenvalue weighted by atomic mass is 16.4. The van der Waals surface area contributed by atoms with Crippen molar-refractivity contribution in [2.24, 2.45) is 17.6 Å². The van der Waals surface area contributed by atoms with Crippen LogP contribution >= 0.6 is 0 Å². The van der Waals surface area contributed by atoms with Gasteiger partial charge in [-0.1, -0.05) is 27.7 Å². The molecule has 0 aromatic carbocycles. The molecule has 7 N–H and O–H groups in total. The quantitative estimate of drug-likeness (QED) is 0.221. The van der Waals surface area contributed by atoms with Crippen LogP contribution in [0.25, 0.3) is 0 Å². The van der Waals surface area contributed by atoms with Gasteiger partial charge >= 0.3 is 5.97 Å². The van der Waals surface area contributed by atoms with Crippen molar-refractivity contribution in [1.82, 2.24) is 21.3 Å². The number of nitrogens with one attached hydrogen (secondary N) is 4. The molecular formula is C20H35N5O6. The second-order valence-electron chi connectivity index (χ2n) is 8.64. The van der Waals surface area contributed by atoms with Gasteiger partial charge in [-0.05, 0) is 37.6 Å². The summed E-state index contributed by atoms with van der Waals surface area (Å²) in [4.78, 5) is 60.8. The van der Waals surface area contributed by atoms with Crippen molar-refractivity contribution < 1.29 is 29.1 Å². The van der Waals surface area contributed by atoms with Crippen LogP contribution in [0.1, 0.15) is 53.4 Å². The monoisotopic (exact) mass is 441 g/mol. The number of amides is 4. The summed E-state index contributed by atoms with van der Waals surface area (Å²) in [5.74, 6) is -4.12. The maximum absolute atomic E-state index is 12.8. The summed E-state index contributed by atoms with van der Waals surface area (Å²) in [6.45, 7) is 7.69. The van der Waals surface area contributed by atoms with E-state index in [4.69, 9.17) is 5.73 Å². The molecule has 31 heavy (non-hydrogen) atoms. The Hall–Kier alpha value is -2.69. The van der Waals surface area contributed by atoms with Gasteiger partial charge in [0.25, 0.3) is 0 Å². The van der Waals surface area contributed by atoms with Crippen molar-refractivity contribution in [2.75, 3.05) is 6.54 Å². The largest absolute Gasteiger partial charge is 0.480 e. The summed E-state index contributed by atoms with van der Waals surface area (Å²) in [5.41, 5.74) is 5.23. The third-order valence-electron chi connectivity index (χ3n) is 4.99. The van der Waals surface area contributed by atoms with Crippen LogP contribution in [0.2, 0.25) is 0 Å². The number of carbonyl (C=O) groups excluding carboxylic acids is 4. The summed E-state index contributed by atoms with van der Waals surface area (Å²) in [6.07, 6.45) is 1.25. The minimum absolute atomic E-state index is 0.00486. The van der Waals surface area contributed by atoms with Gasteiger partial charge in [0.1, 0.15) is 18.1 Å². The van der Waals surface area contributed by atoms with E-state index in [0.717, 1.165) is 6.42 Å². The molecule has 11 heteroatoms. The average Bonchev–Trinajstić information content (AvgIpc) is 3.18. The molecule has 1 fully saturated rings. The standard InChI is InChI=1S/C20H35N5O6/c1-10(2)8-13(19(29)25-16(11(3)4)20(30)31)23-18(28)14(9-15(21)26)24-17(27)12-6-5-7-22-12/h10-14,16,22H,5-9H2,1-4H3,(H2,21,26)(H,23,28)(H,24,27)(H,25,29)(H,30,31)/t12-,13-,14-,16-/m0/s1. The van der Waals surface area contributed by atoms with Crippen molar-refractivity contribution in [3.05, 3.63) is 0 Å². The molecule has 0 radical (unpaired) electrons. The number of aliphatic carboxylic acids is 1. The molecule has 1 heterocycles. The van der Waals surface area contributed by atoms with E-state index in [0.29, 0.717) is 13.0 Å². The second-order valence-corrected chi connectivity index (χ2v) is 8.64. The van der Waals surface area contributed by atoms with Crippen molar-refractivity contribution in [2.45, 2.75) is 77.5 Å². The molecule has 1 saturated heterocycles. The molecule has 0 aliphatic carbocycles. The first-order valence-electron chi connectivity index (χ1n) is 10.6. The van der Waals surface area contributed by atoms with Crippen LogP contribution in [0.4, 0.5) is 0 Å². The van der Waals surface area contributed by atoms with E-state index in [-0.39, 0.29) is 18.3 Å². The lowest BCUT2D eigenvalue weighted by molar-refractivity contribution is -0.143. The Bertz CT molecular complexity index is 675. The first-order chi connectivity index (χ1) is 14.4. The zero-order chi connectivity index (χ0) is 23.7. The number of rotatable bonds is 12. The number of nitrogens with two attached hydrogens (primary N) is 1. The molecule has 1 rings (SSSR count). The number of hydrogen-bond acceptors (Lipinski definition) is 6. The maximum Gasteiger partial charge on any atom is 0.326 e. The van der Waals surface area contributed by atoms with Gasteiger partial charge in [0, 0.05) is 0 Å². The Balaban J connectivity index is 2.93. The Morgan fingerprint density at radius 2 is 1.61 bits per heavy atom. The maximum atomic E-state index is 12.8. The summed E-state index contributed by atoms with van der Waals surface area (Å²) >= 11 is 0. The van der Waals surface area contributed by atoms with E-state index < -0.39 is 60.2 Å². The topological polar surface area (TPSA) is 180 Å². The van der Waals surface area contributed by atoms with Crippen molar-refractivity contribution in [1.29, 1.82) is 0 Å². The highest BCUT2D eigenvalue weighted by molar-refractivity contribution is 5.96. The van der Waals surface area contributed by atoms with Gasteiger partial charge < -0.3 is 32.1 Å². The van der Waals surface area contributed by atoms with Crippen LogP contribution in [0.3, 0.4) is 0 Å². The lowest BCUT2D eigenvalue weighted by Crippen LogP contribution is -2.58. The van der Waals surface area contributed by atoms with Crippen molar-refractivity contribution in [3.8, 4) is 0 Å². The minimum Gasteiger partial charge on any atom is -0.480 e. The molecular weight excluding hydrogens is 406 g/mol. The molecule has 0 saturated carbocycles. The molecule has 0 aromatic heterocycles. The number of primary amides is 1. The van der Waals surface area contributed by atoms with E-state index in [2.05, 4.69) is 21.3 Å². The molecule has 0 unspecified atom stereocenters. The number of carbonyl (C=O) groups is 5. The van der Waals surface area contributed by atoms with E-state index in [9.17, 15) is 29.1 Å². The smallest absolute Gasteiger partial charge is 0.326 e. The molecule has 4 atom stereocenters. The van der Waals surface area contributed by atoms with Crippen LogP contribution in [0, 0.1) is 11.8 Å².